The highest BCUT2D eigenvalue weighted by Crippen LogP contribution is 2.15. The second-order valence-corrected chi connectivity index (χ2v) is 6.38. The van der Waals surface area contributed by atoms with E-state index < -0.39 is 6.10 Å². The van der Waals surface area contributed by atoms with Crippen molar-refractivity contribution in [3.63, 3.8) is 0 Å². The average molecular weight is 334 g/mol. The maximum atomic E-state index is 12.5. The van der Waals surface area contributed by atoms with Crippen LogP contribution < -0.4 is 5.32 Å². The monoisotopic (exact) mass is 334 g/mol. The van der Waals surface area contributed by atoms with Gasteiger partial charge in [0, 0.05) is 23.1 Å². The van der Waals surface area contributed by atoms with Gasteiger partial charge in [-0.15, -0.1) is 0 Å². The molecule has 4 heteroatoms. The highest BCUT2D eigenvalue weighted by Gasteiger charge is 2.18. The SMILES string of the molecule is Cc1ccc2cc(C(=O)NC(C)C(O)Cc3ccccc3)ccc2n1. The third-order valence-corrected chi connectivity index (χ3v) is 4.31. The van der Waals surface area contributed by atoms with Crippen LogP contribution in [0.15, 0.2) is 60.7 Å². The summed E-state index contributed by atoms with van der Waals surface area (Å²) in [5, 5.41) is 14.2. The van der Waals surface area contributed by atoms with E-state index in [1.165, 1.54) is 0 Å². The van der Waals surface area contributed by atoms with Crippen LogP contribution in [-0.4, -0.2) is 28.1 Å². The summed E-state index contributed by atoms with van der Waals surface area (Å²) in [7, 11) is 0. The normalized spacial score (nSPS) is 13.4. The van der Waals surface area contributed by atoms with Crippen LogP contribution in [0.5, 0.6) is 0 Å². The van der Waals surface area contributed by atoms with Gasteiger partial charge in [0.2, 0.25) is 0 Å². The fourth-order valence-electron chi connectivity index (χ4n) is 2.79. The Hall–Kier alpha value is -2.72. The molecule has 4 nitrogen and oxygen atoms in total. The van der Waals surface area contributed by atoms with E-state index in [9.17, 15) is 9.90 Å². The van der Waals surface area contributed by atoms with Gasteiger partial charge in [0.05, 0.1) is 17.7 Å². The molecule has 3 rings (SSSR count). The van der Waals surface area contributed by atoms with Crippen LogP contribution >= 0.6 is 0 Å². The first-order chi connectivity index (χ1) is 12.0. The maximum Gasteiger partial charge on any atom is 0.251 e. The van der Waals surface area contributed by atoms with Crippen molar-refractivity contribution in [3.05, 3.63) is 77.5 Å². The lowest BCUT2D eigenvalue weighted by molar-refractivity contribution is 0.0852. The van der Waals surface area contributed by atoms with Gasteiger partial charge in [-0.1, -0.05) is 36.4 Å². The molecule has 1 heterocycles. The molecule has 1 amide bonds. The number of nitrogens with zero attached hydrogens (tertiary/aromatic N) is 1. The van der Waals surface area contributed by atoms with Gasteiger partial charge >= 0.3 is 0 Å². The summed E-state index contributed by atoms with van der Waals surface area (Å²) >= 11 is 0. The number of nitrogens with one attached hydrogen (secondary N) is 1. The van der Waals surface area contributed by atoms with Gasteiger partial charge in [-0.25, -0.2) is 0 Å². The predicted octanol–water partition coefficient (Wildman–Crippen LogP) is 3.27. The van der Waals surface area contributed by atoms with Gasteiger partial charge in [0.15, 0.2) is 0 Å². The Morgan fingerprint density at radius 2 is 1.88 bits per heavy atom. The largest absolute Gasteiger partial charge is 0.391 e. The standard InChI is InChI=1S/C21H22N2O2/c1-14-8-9-17-13-18(10-11-19(17)22-14)21(25)23-15(2)20(24)12-16-6-4-3-5-7-16/h3-11,13,15,20,24H,12H2,1-2H3,(H,23,25). The zero-order valence-electron chi connectivity index (χ0n) is 14.4. The third kappa shape index (κ3) is 4.22. The van der Waals surface area contributed by atoms with Crippen molar-refractivity contribution in [1.29, 1.82) is 0 Å². The number of aliphatic hydroxyl groups excluding tert-OH is 1. The van der Waals surface area contributed by atoms with Crippen molar-refractivity contribution in [2.75, 3.05) is 0 Å². The first-order valence-corrected chi connectivity index (χ1v) is 8.43. The number of carbonyl (C=O) groups excluding carboxylic acids is 1. The topological polar surface area (TPSA) is 62.2 Å². The quantitative estimate of drug-likeness (QED) is 0.753. The molecule has 0 bridgehead atoms. The van der Waals surface area contributed by atoms with Gasteiger partial charge in [-0.05, 0) is 43.7 Å². The van der Waals surface area contributed by atoms with Crippen LogP contribution in [0.4, 0.5) is 0 Å². The van der Waals surface area contributed by atoms with Gasteiger partial charge in [-0.3, -0.25) is 9.78 Å². The van der Waals surface area contributed by atoms with E-state index in [1.807, 2.05) is 68.4 Å². The molecular formula is C21H22N2O2. The molecular weight excluding hydrogens is 312 g/mol. The van der Waals surface area contributed by atoms with Crippen molar-refractivity contribution in [2.24, 2.45) is 0 Å². The molecule has 2 aromatic carbocycles. The summed E-state index contributed by atoms with van der Waals surface area (Å²) in [5.41, 5.74) is 3.43. The summed E-state index contributed by atoms with van der Waals surface area (Å²) in [4.78, 5) is 16.9. The van der Waals surface area contributed by atoms with Gasteiger partial charge in [0.25, 0.3) is 5.91 Å². The molecule has 0 saturated carbocycles. The molecule has 0 aliphatic rings. The van der Waals surface area contributed by atoms with E-state index in [4.69, 9.17) is 0 Å². The second-order valence-electron chi connectivity index (χ2n) is 6.38. The molecule has 0 spiro atoms. The molecule has 0 saturated heterocycles. The molecule has 25 heavy (non-hydrogen) atoms. The zero-order valence-corrected chi connectivity index (χ0v) is 14.4. The lowest BCUT2D eigenvalue weighted by Gasteiger charge is -2.20. The lowest BCUT2D eigenvalue weighted by atomic mass is 10.0. The van der Waals surface area contributed by atoms with Crippen LogP contribution in [0.3, 0.4) is 0 Å². The Balaban J connectivity index is 1.67. The predicted molar refractivity (Wildman–Crippen MR) is 99.6 cm³/mol. The number of amides is 1. The summed E-state index contributed by atoms with van der Waals surface area (Å²) in [6.07, 6.45) is -0.139. The van der Waals surface area contributed by atoms with Crippen molar-refractivity contribution < 1.29 is 9.90 Å². The summed E-state index contributed by atoms with van der Waals surface area (Å²) in [6, 6.07) is 18.7. The van der Waals surface area contributed by atoms with Crippen LogP contribution in [0.2, 0.25) is 0 Å². The number of benzene rings is 2. The number of aromatic nitrogens is 1. The van der Waals surface area contributed by atoms with E-state index in [2.05, 4.69) is 10.3 Å². The lowest BCUT2D eigenvalue weighted by Crippen LogP contribution is -2.42. The van der Waals surface area contributed by atoms with Gasteiger partial charge in [-0.2, -0.15) is 0 Å². The number of aliphatic hydroxyl groups is 1. The molecule has 1 aromatic heterocycles. The van der Waals surface area contributed by atoms with Gasteiger partial charge in [0.1, 0.15) is 0 Å². The minimum Gasteiger partial charge on any atom is -0.391 e. The minimum absolute atomic E-state index is 0.193. The molecule has 2 N–H and O–H groups in total. The van der Waals surface area contributed by atoms with Gasteiger partial charge < -0.3 is 10.4 Å². The fourth-order valence-corrected chi connectivity index (χ4v) is 2.79. The highest BCUT2D eigenvalue weighted by molar-refractivity contribution is 5.98. The number of fused-ring (bicyclic) bond motifs is 1. The van der Waals surface area contributed by atoms with E-state index in [1.54, 1.807) is 6.07 Å². The van der Waals surface area contributed by atoms with Crippen molar-refractivity contribution in [3.8, 4) is 0 Å². The minimum atomic E-state index is -0.642. The Morgan fingerprint density at radius 3 is 2.64 bits per heavy atom. The van der Waals surface area contributed by atoms with E-state index in [0.717, 1.165) is 22.2 Å². The average Bonchev–Trinajstić information content (AvgIpc) is 2.62. The molecule has 128 valence electrons. The molecule has 0 aliphatic carbocycles. The fraction of sp³-hybridized carbons (Fsp3) is 0.238. The van der Waals surface area contributed by atoms with Crippen molar-refractivity contribution in [2.45, 2.75) is 32.4 Å². The van der Waals surface area contributed by atoms with E-state index in [0.29, 0.717) is 12.0 Å². The van der Waals surface area contributed by atoms with E-state index in [-0.39, 0.29) is 11.9 Å². The Kier molecular flexibility index (Phi) is 5.10. The summed E-state index contributed by atoms with van der Waals surface area (Å²) < 4.78 is 0. The maximum absolute atomic E-state index is 12.5. The number of carbonyl (C=O) groups is 1. The zero-order chi connectivity index (χ0) is 17.8. The second kappa shape index (κ2) is 7.45. The smallest absolute Gasteiger partial charge is 0.251 e. The first-order valence-electron chi connectivity index (χ1n) is 8.43. The Bertz CT molecular complexity index is 877. The van der Waals surface area contributed by atoms with Crippen LogP contribution in [-0.2, 0) is 6.42 Å². The molecule has 0 fully saturated rings. The van der Waals surface area contributed by atoms with E-state index >= 15 is 0 Å². The van der Waals surface area contributed by atoms with Crippen LogP contribution in [0.25, 0.3) is 10.9 Å². The van der Waals surface area contributed by atoms with Crippen LogP contribution in [0, 0.1) is 6.92 Å². The summed E-state index contributed by atoms with van der Waals surface area (Å²) in [6.45, 7) is 3.76. The molecule has 3 aromatic rings. The Labute approximate surface area is 147 Å². The molecule has 0 radical (unpaired) electrons. The van der Waals surface area contributed by atoms with Crippen molar-refractivity contribution >= 4 is 16.8 Å². The number of rotatable bonds is 5. The number of aryl methyl sites for hydroxylation is 1. The first kappa shape index (κ1) is 17.1. The third-order valence-electron chi connectivity index (χ3n) is 4.31. The summed E-state index contributed by atoms with van der Waals surface area (Å²) in [5.74, 6) is -0.193. The molecule has 2 unspecified atom stereocenters. The van der Waals surface area contributed by atoms with Crippen LogP contribution in [0.1, 0.15) is 28.5 Å². The van der Waals surface area contributed by atoms with Crippen molar-refractivity contribution in [1.82, 2.24) is 10.3 Å². The number of pyridine rings is 1. The molecule has 0 aliphatic heterocycles. The molecule has 2 atom stereocenters. The number of hydrogen-bond donors (Lipinski definition) is 2. The number of hydrogen-bond acceptors (Lipinski definition) is 3. The Morgan fingerprint density at radius 1 is 1.12 bits per heavy atom. The highest BCUT2D eigenvalue weighted by atomic mass is 16.3.